The first-order chi connectivity index (χ1) is 3.98. The lowest BCUT2D eigenvalue weighted by atomic mass is 10.3. The normalized spacial score (nSPS) is 17.3. The van der Waals surface area contributed by atoms with E-state index in [0.29, 0.717) is 6.16 Å². The lowest BCUT2D eigenvalue weighted by Crippen LogP contribution is -1.94. The van der Waals surface area contributed by atoms with Crippen molar-refractivity contribution in [2.75, 3.05) is 6.16 Å². The first kappa shape index (κ1) is 8.93. The van der Waals surface area contributed by atoms with E-state index in [0.717, 1.165) is 5.82 Å². The third kappa shape index (κ3) is 4.43. The molecule has 0 radical (unpaired) electrons. The second kappa shape index (κ2) is 3.19. The minimum absolute atomic E-state index is 0.263. The highest BCUT2D eigenvalue weighted by Crippen LogP contribution is 2.42. The van der Waals surface area contributed by atoms with Crippen molar-refractivity contribution in [3.05, 3.63) is 12.4 Å². The highest BCUT2D eigenvalue weighted by Gasteiger charge is 2.13. The monoisotopic (exact) mass is 148 g/mol. The third-order valence-electron chi connectivity index (χ3n) is 0.912. The highest BCUT2D eigenvalue weighted by molar-refractivity contribution is 7.61. The molecule has 0 aromatic rings. The summed E-state index contributed by atoms with van der Waals surface area (Å²) in [7, 11) is -2.97. The first-order valence-electron chi connectivity index (χ1n) is 2.93. The first-order valence-corrected chi connectivity index (χ1v) is 4.84. The Balaban J connectivity index is 3.88. The molecule has 0 aromatic heterocycles. The fraction of sp³-hybridized carbons (Fsp3) is 0.667. The standard InChI is InChI=1S/C6H13O2P/c1-4-9(7,8)5-6(2)3/h4,6H,1,5H2,2-3H3,(H,7,8). The Morgan fingerprint density at radius 2 is 2.22 bits per heavy atom. The average molecular weight is 148 g/mol. The maximum atomic E-state index is 10.8. The molecule has 0 aromatic carbocycles. The molecule has 0 spiro atoms. The summed E-state index contributed by atoms with van der Waals surface area (Å²) in [4.78, 5) is 8.93. The summed E-state index contributed by atoms with van der Waals surface area (Å²) in [6.07, 6.45) is 0.344. The molecule has 0 fully saturated rings. The molecular formula is C6H13O2P. The summed E-state index contributed by atoms with van der Waals surface area (Å²) >= 11 is 0. The molecule has 0 bridgehead atoms. The maximum absolute atomic E-state index is 10.8. The van der Waals surface area contributed by atoms with Crippen molar-refractivity contribution in [3.63, 3.8) is 0 Å². The smallest absolute Gasteiger partial charge is 0.222 e. The van der Waals surface area contributed by atoms with Crippen LogP contribution in [-0.4, -0.2) is 11.1 Å². The van der Waals surface area contributed by atoms with Gasteiger partial charge in [-0.05, 0) is 11.7 Å². The molecule has 0 saturated carbocycles. The number of hydrogen-bond donors (Lipinski definition) is 1. The molecule has 0 aliphatic rings. The van der Waals surface area contributed by atoms with E-state index in [4.69, 9.17) is 4.89 Å². The van der Waals surface area contributed by atoms with Crippen molar-refractivity contribution in [1.82, 2.24) is 0 Å². The minimum atomic E-state index is -2.97. The molecule has 3 heteroatoms. The van der Waals surface area contributed by atoms with Gasteiger partial charge in [0.1, 0.15) is 0 Å². The Bertz CT molecular complexity index is 140. The molecule has 0 amide bonds. The summed E-state index contributed by atoms with van der Waals surface area (Å²) in [5, 5.41) is 0. The summed E-state index contributed by atoms with van der Waals surface area (Å²) in [6, 6.07) is 0. The lowest BCUT2D eigenvalue weighted by Gasteiger charge is -2.07. The van der Waals surface area contributed by atoms with E-state index in [1.807, 2.05) is 13.8 Å². The zero-order valence-corrected chi connectivity index (χ0v) is 6.77. The van der Waals surface area contributed by atoms with Gasteiger partial charge in [-0.3, -0.25) is 4.57 Å². The van der Waals surface area contributed by atoms with Crippen molar-refractivity contribution in [2.24, 2.45) is 5.92 Å². The molecule has 2 nitrogen and oxygen atoms in total. The number of hydrogen-bond acceptors (Lipinski definition) is 1. The summed E-state index contributed by atoms with van der Waals surface area (Å²) in [6.45, 7) is 7.09. The summed E-state index contributed by atoms with van der Waals surface area (Å²) in [5.74, 6) is 1.41. The fourth-order valence-electron chi connectivity index (χ4n) is 0.598. The molecule has 1 N–H and O–H groups in total. The van der Waals surface area contributed by atoms with Gasteiger partial charge in [-0.15, -0.1) is 0 Å². The van der Waals surface area contributed by atoms with Crippen LogP contribution < -0.4 is 0 Å². The Labute approximate surface area is 56.0 Å². The van der Waals surface area contributed by atoms with Crippen LogP contribution in [0, 0.1) is 5.92 Å². The van der Waals surface area contributed by atoms with E-state index in [1.54, 1.807) is 0 Å². The Kier molecular flexibility index (Phi) is 3.16. The zero-order chi connectivity index (χ0) is 7.49. The van der Waals surface area contributed by atoms with Crippen LogP contribution in [0.1, 0.15) is 13.8 Å². The van der Waals surface area contributed by atoms with Gasteiger partial charge in [-0.25, -0.2) is 0 Å². The van der Waals surface area contributed by atoms with E-state index in [1.165, 1.54) is 0 Å². The van der Waals surface area contributed by atoms with Gasteiger partial charge in [0.2, 0.25) is 7.37 Å². The summed E-state index contributed by atoms with van der Waals surface area (Å²) in [5.41, 5.74) is 0. The van der Waals surface area contributed by atoms with Crippen LogP contribution in [0.3, 0.4) is 0 Å². The van der Waals surface area contributed by atoms with Gasteiger partial charge in [0, 0.05) is 6.16 Å². The van der Waals surface area contributed by atoms with E-state index in [9.17, 15) is 4.57 Å². The molecule has 0 heterocycles. The van der Waals surface area contributed by atoms with Crippen molar-refractivity contribution in [2.45, 2.75) is 13.8 Å². The molecule has 54 valence electrons. The zero-order valence-electron chi connectivity index (χ0n) is 5.87. The second-order valence-electron chi connectivity index (χ2n) is 2.51. The predicted octanol–water partition coefficient (Wildman–Crippen LogP) is 2.06. The second-order valence-corrected chi connectivity index (χ2v) is 4.76. The molecule has 0 saturated heterocycles. The Morgan fingerprint density at radius 3 is 2.33 bits per heavy atom. The minimum Gasteiger partial charge on any atom is -0.341 e. The SMILES string of the molecule is C=CP(=O)(O)CC(C)C. The quantitative estimate of drug-likeness (QED) is 0.622. The van der Waals surface area contributed by atoms with Crippen LogP contribution in [0.2, 0.25) is 0 Å². The van der Waals surface area contributed by atoms with Gasteiger partial charge in [-0.1, -0.05) is 20.4 Å². The van der Waals surface area contributed by atoms with Gasteiger partial charge in [0.05, 0.1) is 0 Å². The van der Waals surface area contributed by atoms with Crippen molar-refractivity contribution in [3.8, 4) is 0 Å². The fourth-order valence-corrected chi connectivity index (χ4v) is 1.79. The van der Waals surface area contributed by atoms with Crippen LogP contribution in [0.25, 0.3) is 0 Å². The van der Waals surface area contributed by atoms with Gasteiger partial charge in [0.25, 0.3) is 0 Å². The van der Waals surface area contributed by atoms with Gasteiger partial charge in [-0.2, -0.15) is 0 Å². The number of rotatable bonds is 3. The van der Waals surface area contributed by atoms with E-state index in [2.05, 4.69) is 6.58 Å². The molecule has 0 aliphatic carbocycles. The Morgan fingerprint density at radius 1 is 1.78 bits per heavy atom. The highest BCUT2D eigenvalue weighted by atomic mass is 31.2. The Hall–Kier alpha value is -0.0700. The molecule has 0 aliphatic heterocycles. The lowest BCUT2D eigenvalue weighted by molar-refractivity contribution is 0.479. The molecule has 1 unspecified atom stereocenters. The molecule has 0 rings (SSSR count). The van der Waals surface area contributed by atoms with Crippen LogP contribution in [-0.2, 0) is 4.57 Å². The van der Waals surface area contributed by atoms with Crippen molar-refractivity contribution >= 4 is 7.37 Å². The van der Waals surface area contributed by atoms with Crippen LogP contribution in [0.15, 0.2) is 12.4 Å². The maximum Gasteiger partial charge on any atom is 0.222 e. The van der Waals surface area contributed by atoms with Crippen molar-refractivity contribution < 1.29 is 9.46 Å². The average Bonchev–Trinajstić information content (AvgIpc) is 1.63. The van der Waals surface area contributed by atoms with Gasteiger partial charge >= 0.3 is 0 Å². The van der Waals surface area contributed by atoms with Crippen LogP contribution in [0.4, 0.5) is 0 Å². The molecule has 1 atom stereocenters. The topological polar surface area (TPSA) is 37.3 Å². The van der Waals surface area contributed by atoms with Crippen LogP contribution in [0.5, 0.6) is 0 Å². The van der Waals surface area contributed by atoms with Gasteiger partial charge in [0.15, 0.2) is 0 Å². The van der Waals surface area contributed by atoms with E-state index in [-0.39, 0.29) is 5.92 Å². The van der Waals surface area contributed by atoms with Gasteiger partial charge < -0.3 is 4.89 Å². The van der Waals surface area contributed by atoms with E-state index < -0.39 is 7.37 Å². The van der Waals surface area contributed by atoms with Crippen molar-refractivity contribution in [1.29, 1.82) is 0 Å². The molecule has 9 heavy (non-hydrogen) atoms. The largest absolute Gasteiger partial charge is 0.341 e. The predicted molar refractivity (Wildman–Crippen MR) is 39.7 cm³/mol. The van der Waals surface area contributed by atoms with Crippen LogP contribution >= 0.6 is 7.37 Å². The van der Waals surface area contributed by atoms with E-state index >= 15 is 0 Å². The molecular weight excluding hydrogens is 135 g/mol. The summed E-state index contributed by atoms with van der Waals surface area (Å²) < 4.78 is 10.8. The third-order valence-corrected chi connectivity index (χ3v) is 2.74.